The van der Waals surface area contributed by atoms with Crippen LogP contribution in [-0.4, -0.2) is 36.4 Å². The van der Waals surface area contributed by atoms with E-state index in [2.05, 4.69) is 50.3 Å². The number of carbonyl (C=O) groups is 2. The summed E-state index contributed by atoms with van der Waals surface area (Å²) in [5, 5.41) is 9.57. The van der Waals surface area contributed by atoms with E-state index in [0.717, 1.165) is 51.4 Å². The van der Waals surface area contributed by atoms with Gasteiger partial charge < -0.3 is 14.6 Å². The van der Waals surface area contributed by atoms with Crippen molar-refractivity contribution < 1.29 is 24.2 Å². The van der Waals surface area contributed by atoms with Gasteiger partial charge in [0, 0.05) is 12.8 Å². The van der Waals surface area contributed by atoms with Gasteiger partial charge in [0.1, 0.15) is 6.61 Å². The Morgan fingerprint density at radius 2 is 0.800 bits per heavy atom. The molecule has 50 heavy (non-hydrogen) atoms. The lowest BCUT2D eigenvalue weighted by atomic mass is 10.0. The van der Waals surface area contributed by atoms with E-state index in [4.69, 9.17) is 9.47 Å². The number of allylic oxidation sites excluding steroid dienone is 6. The van der Waals surface area contributed by atoms with Crippen LogP contribution in [0.4, 0.5) is 0 Å². The van der Waals surface area contributed by atoms with E-state index < -0.39 is 6.10 Å². The first-order chi connectivity index (χ1) is 24.6. The summed E-state index contributed by atoms with van der Waals surface area (Å²) in [6.07, 6.45) is 50.8. The maximum Gasteiger partial charge on any atom is 0.306 e. The highest BCUT2D eigenvalue weighted by atomic mass is 16.6. The molecule has 0 saturated carbocycles. The molecule has 5 nitrogen and oxygen atoms in total. The second-order valence-electron chi connectivity index (χ2n) is 14.4. The fraction of sp³-hybridized carbons (Fsp3) is 0.822. The second kappa shape index (κ2) is 41.5. The first-order valence-corrected chi connectivity index (χ1v) is 21.5. The molecule has 0 bridgehead atoms. The van der Waals surface area contributed by atoms with E-state index in [0.29, 0.717) is 12.8 Å². The van der Waals surface area contributed by atoms with Crippen LogP contribution >= 0.6 is 0 Å². The smallest absolute Gasteiger partial charge is 0.306 e. The zero-order valence-corrected chi connectivity index (χ0v) is 33.2. The van der Waals surface area contributed by atoms with Crippen molar-refractivity contribution in [2.24, 2.45) is 0 Å². The monoisotopic (exact) mass is 703 g/mol. The van der Waals surface area contributed by atoms with Crippen molar-refractivity contribution in [1.82, 2.24) is 0 Å². The molecule has 0 aliphatic rings. The Morgan fingerprint density at radius 1 is 0.460 bits per heavy atom. The fourth-order valence-electron chi connectivity index (χ4n) is 6.15. The number of aliphatic hydroxyl groups excluding tert-OH is 1. The van der Waals surface area contributed by atoms with Crippen molar-refractivity contribution in [2.45, 2.75) is 225 Å². The standard InChI is InChI=1S/C45H82O5/c1-3-5-7-9-11-13-15-17-19-20-21-22-23-24-26-28-30-32-34-36-38-40-45(48)50-43(41-46)42-49-44(47)39-37-35-33-31-29-27-25-18-16-14-12-10-8-6-4-2/h12,14,18,25,29,31,43,46H,3-11,13,15-17,19-24,26-28,30,32-42H2,1-2H3/t43-/m0/s1. The number of unbranched alkanes of at least 4 members (excludes halogenated alkanes) is 25. The third-order valence-corrected chi connectivity index (χ3v) is 9.44. The van der Waals surface area contributed by atoms with Crippen LogP contribution in [0.5, 0.6) is 0 Å². The number of esters is 2. The van der Waals surface area contributed by atoms with Crippen molar-refractivity contribution >= 4 is 11.9 Å². The van der Waals surface area contributed by atoms with Crippen molar-refractivity contribution in [3.05, 3.63) is 36.5 Å². The van der Waals surface area contributed by atoms with Gasteiger partial charge in [-0.1, -0.05) is 192 Å². The van der Waals surface area contributed by atoms with Gasteiger partial charge >= 0.3 is 11.9 Å². The summed E-state index contributed by atoms with van der Waals surface area (Å²) in [5.74, 6) is -0.628. The van der Waals surface area contributed by atoms with E-state index >= 15 is 0 Å². The third-order valence-electron chi connectivity index (χ3n) is 9.44. The van der Waals surface area contributed by atoms with Crippen LogP contribution < -0.4 is 0 Å². The Balaban J connectivity index is 3.54. The maximum atomic E-state index is 12.2. The minimum absolute atomic E-state index is 0.0828. The molecule has 0 rings (SSSR count). The maximum absolute atomic E-state index is 12.2. The Bertz CT molecular complexity index is 801. The highest BCUT2D eigenvalue weighted by Gasteiger charge is 2.16. The van der Waals surface area contributed by atoms with E-state index in [1.54, 1.807) is 0 Å². The SMILES string of the molecule is CCCCCC=CCC=CCC=CCCCCC(=O)OC[C@H](CO)OC(=O)CCCCCCCCCCCCCCCCCCCCCCC. The fourth-order valence-corrected chi connectivity index (χ4v) is 6.15. The molecule has 0 saturated heterocycles. The Kier molecular flexibility index (Phi) is 40.0. The molecule has 0 spiro atoms. The largest absolute Gasteiger partial charge is 0.462 e. The normalized spacial score (nSPS) is 12.5. The van der Waals surface area contributed by atoms with Gasteiger partial charge in [-0.05, 0) is 51.4 Å². The summed E-state index contributed by atoms with van der Waals surface area (Å²) >= 11 is 0. The minimum atomic E-state index is -0.783. The lowest BCUT2D eigenvalue weighted by Gasteiger charge is -2.15. The van der Waals surface area contributed by atoms with Gasteiger partial charge in [-0.3, -0.25) is 9.59 Å². The molecule has 0 aromatic carbocycles. The zero-order valence-electron chi connectivity index (χ0n) is 33.2. The molecule has 0 heterocycles. The Labute approximate surface area is 310 Å². The van der Waals surface area contributed by atoms with Crippen molar-refractivity contribution in [3.63, 3.8) is 0 Å². The van der Waals surface area contributed by atoms with Crippen LogP contribution in [0.2, 0.25) is 0 Å². The average Bonchev–Trinajstić information content (AvgIpc) is 3.12. The molecule has 5 heteroatoms. The summed E-state index contributed by atoms with van der Waals surface area (Å²) in [7, 11) is 0. The second-order valence-corrected chi connectivity index (χ2v) is 14.4. The van der Waals surface area contributed by atoms with E-state index in [9.17, 15) is 14.7 Å². The summed E-state index contributed by atoms with van der Waals surface area (Å²) in [6, 6.07) is 0. The average molecular weight is 703 g/mol. The summed E-state index contributed by atoms with van der Waals surface area (Å²) in [5.41, 5.74) is 0. The molecule has 292 valence electrons. The summed E-state index contributed by atoms with van der Waals surface area (Å²) in [6.45, 7) is 4.09. The van der Waals surface area contributed by atoms with Gasteiger partial charge in [0.05, 0.1) is 6.61 Å². The van der Waals surface area contributed by atoms with Gasteiger partial charge in [0.2, 0.25) is 0 Å². The van der Waals surface area contributed by atoms with Crippen LogP contribution in [0.15, 0.2) is 36.5 Å². The van der Waals surface area contributed by atoms with Crippen LogP contribution in [0.3, 0.4) is 0 Å². The summed E-state index contributed by atoms with van der Waals surface area (Å²) in [4.78, 5) is 24.3. The highest BCUT2D eigenvalue weighted by Crippen LogP contribution is 2.15. The molecule has 1 N–H and O–H groups in total. The molecule has 0 aromatic rings. The van der Waals surface area contributed by atoms with Crippen LogP contribution in [0, 0.1) is 0 Å². The van der Waals surface area contributed by atoms with E-state index in [-0.39, 0.29) is 25.2 Å². The van der Waals surface area contributed by atoms with Crippen molar-refractivity contribution in [2.75, 3.05) is 13.2 Å². The number of hydrogen-bond acceptors (Lipinski definition) is 5. The number of aliphatic hydroxyl groups is 1. The van der Waals surface area contributed by atoms with Crippen LogP contribution in [0.25, 0.3) is 0 Å². The molecule has 0 aliphatic carbocycles. The number of hydrogen-bond donors (Lipinski definition) is 1. The summed E-state index contributed by atoms with van der Waals surface area (Å²) < 4.78 is 10.6. The molecule has 0 aliphatic heterocycles. The lowest BCUT2D eigenvalue weighted by Crippen LogP contribution is -2.28. The zero-order chi connectivity index (χ0) is 36.4. The molecule has 0 amide bonds. The third kappa shape index (κ3) is 38.9. The van der Waals surface area contributed by atoms with Gasteiger partial charge in [0.15, 0.2) is 6.10 Å². The predicted molar refractivity (Wildman–Crippen MR) is 214 cm³/mol. The lowest BCUT2D eigenvalue weighted by molar-refractivity contribution is -0.161. The van der Waals surface area contributed by atoms with Gasteiger partial charge in [-0.25, -0.2) is 0 Å². The molecular weight excluding hydrogens is 620 g/mol. The molecule has 1 atom stereocenters. The quantitative estimate of drug-likeness (QED) is 0.0392. The molecular formula is C45H82O5. The first kappa shape index (κ1) is 48.1. The molecule has 0 radical (unpaired) electrons. The number of rotatable bonds is 39. The molecule has 0 fully saturated rings. The number of carbonyl (C=O) groups excluding carboxylic acids is 2. The highest BCUT2D eigenvalue weighted by molar-refractivity contribution is 5.70. The van der Waals surface area contributed by atoms with Crippen molar-refractivity contribution in [3.8, 4) is 0 Å². The Morgan fingerprint density at radius 3 is 1.24 bits per heavy atom. The van der Waals surface area contributed by atoms with Crippen molar-refractivity contribution in [1.29, 1.82) is 0 Å². The minimum Gasteiger partial charge on any atom is -0.462 e. The van der Waals surface area contributed by atoms with Gasteiger partial charge in [-0.15, -0.1) is 0 Å². The number of ether oxygens (including phenoxy) is 2. The predicted octanol–water partition coefficient (Wildman–Crippen LogP) is 13.6. The molecule has 0 aromatic heterocycles. The Hall–Kier alpha value is -1.88. The first-order valence-electron chi connectivity index (χ1n) is 21.5. The van der Waals surface area contributed by atoms with Crippen LogP contribution in [-0.2, 0) is 19.1 Å². The van der Waals surface area contributed by atoms with Crippen LogP contribution in [0.1, 0.15) is 219 Å². The van der Waals surface area contributed by atoms with E-state index in [1.807, 2.05) is 0 Å². The van der Waals surface area contributed by atoms with E-state index in [1.165, 1.54) is 141 Å². The van der Waals surface area contributed by atoms with Gasteiger partial charge in [0.25, 0.3) is 0 Å². The topological polar surface area (TPSA) is 72.8 Å². The molecule has 0 unspecified atom stereocenters. The van der Waals surface area contributed by atoms with Gasteiger partial charge in [-0.2, -0.15) is 0 Å².